The second-order valence-electron chi connectivity index (χ2n) is 2.87. The van der Waals surface area contributed by atoms with Crippen molar-refractivity contribution in [3.05, 3.63) is 0 Å². The Morgan fingerprint density at radius 3 is 2.85 bits per heavy atom. The first-order valence-electron chi connectivity index (χ1n) is 4.56. The van der Waals surface area contributed by atoms with E-state index in [9.17, 15) is 4.79 Å². The van der Waals surface area contributed by atoms with Crippen LogP contribution in [0.1, 0.15) is 32.6 Å². The molecule has 0 aromatic carbocycles. The van der Waals surface area contributed by atoms with Crippen LogP contribution in [-0.4, -0.2) is 17.8 Å². The second kappa shape index (κ2) is 7.94. The number of hydrogen-bond donors (Lipinski definition) is 1. The third-order valence-corrected chi connectivity index (χ3v) is 1.92. The predicted octanol–water partition coefficient (Wildman–Crippen LogP) is 1.92. The van der Waals surface area contributed by atoms with Gasteiger partial charge in [0.05, 0.1) is 6.04 Å². The first-order valence-corrected chi connectivity index (χ1v) is 5.09. The zero-order valence-corrected chi connectivity index (χ0v) is 8.73. The highest BCUT2D eigenvalue weighted by Gasteiger charge is 2.07. The summed E-state index contributed by atoms with van der Waals surface area (Å²) in [7, 11) is 0. The van der Waals surface area contributed by atoms with Crippen molar-refractivity contribution in [2.45, 2.75) is 38.6 Å². The Balaban J connectivity index is 3.68. The first kappa shape index (κ1) is 12.3. The normalized spacial score (nSPS) is 11.8. The highest BCUT2D eigenvalue weighted by atomic mass is 35.5. The molecule has 0 fully saturated rings. The van der Waals surface area contributed by atoms with E-state index in [0.717, 1.165) is 12.8 Å². The zero-order chi connectivity index (χ0) is 10.1. The van der Waals surface area contributed by atoms with Gasteiger partial charge in [-0.2, -0.15) is 0 Å². The highest BCUT2D eigenvalue weighted by molar-refractivity contribution is 6.17. The molecule has 0 aliphatic heterocycles. The van der Waals surface area contributed by atoms with Crippen LogP contribution in [0.2, 0.25) is 0 Å². The van der Waals surface area contributed by atoms with Crippen molar-refractivity contribution < 1.29 is 4.79 Å². The summed E-state index contributed by atoms with van der Waals surface area (Å²) in [5.41, 5.74) is 0. The molecule has 0 saturated heterocycles. The van der Waals surface area contributed by atoms with Crippen molar-refractivity contribution in [1.29, 1.82) is 0 Å². The molecule has 0 heterocycles. The van der Waals surface area contributed by atoms with E-state index in [1.807, 2.05) is 6.92 Å². The first-order chi connectivity index (χ1) is 6.24. The summed E-state index contributed by atoms with van der Waals surface area (Å²) in [5.74, 6) is 3.06. The number of terminal acetylenes is 1. The lowest BCUT2D eigenvalue weighted by atomic mass is 10.1. The Morgan fingerprint density at radius 1 is 1.69 bits per heavy atom. The summed E-state index contributed by atoms with van der Waals surface area (Å²) in [4.78, 5) is 11.2. The quantitative estimate of drug-likeness (QED) is 0.517. The lowest BCUT2D eigenvalue weighted by Crippen LogP contribution is -2.33. The monoisotopic (exact) mass is 201 g/mol. The largest absolute Gasteiger partial charge is 0.342 e. The van der Waals surface area contributed by atoms with Crippen LogP contribution in [0.4, 0.5) is 0 Å². The number of hydrogen-bond acceptors (Lipinski definition) is 1. The molecule has 13 heavy (non-hydrogen) atoms. The Kier molecular flexibility index (Phi) is 7.53. The van der Waals surface area contributed by atoms with Crippen LogP contribution >= 0.6 is 11.6 Å². The Hall–Kier alpha value is -0.680. The van der Waals surface area contributed by atoms with Crippen LogP contribution < -0.4 is 5.32 Å². The minimum atomic E-state index is -0.118. The van der Waals surface area contributed by atoms with E-state index in [-0.39, 0.29) is 11.9 Å². The molecule has 0 radical (unpaired) electrons. The van der Waals surface area contributed by atoms with Crippen molar-refractivity contribution in [2.75, 3.05) is 5.88 Å². The van der Waals surface area contributed by atoms with Gasteiger partial charge in [-0.3, -0.25) is 4.79 Å². The number of nitrogens with one attached hydrogen (secondary N) is 1. The van der Waals surface area contributed by atoms with E-state index in [1.54, 1.807) is 0 Å². The molecule has 3 heteroatoms. The van der Waals surface area contributed by atoms with E-state index >= 15 is 0 Å². The smallest absolute Gasteiger partial charge is 0.221 e. The van der Waals surface area contributed by atoms with Gasteiger partial charge in [0.2, 0.25) is 5.91 Å². The molecular weight excluding hydrogens is 186 g/mol. The van der Waals surface area contributed by atoms with E-state index in [4.69, 9.17) is 18.0 Å². The van der Waals surface area contributed by atoms with Gasteiger partial charge in [0.15, 0.2) is 0 Å². The third-order valence-electron chi connectivity index (χ3n) is 1.65. The van der Waals surface area contributed by atoms with Gasteiger partial charge in [-0.1, -0.05) is 19.3 Å². The molecule has 0 bridgehead atoms. The van der Waals surface area contributed by atoms with Gasteiger partial charge in [-0.05, 0) is 12.8 Å². The number of carbonyl (C=O) groups is 1. The lowest BCUT2D eigenvalue weighted by molar-refractivity contribution is -0.121. The van der Waals surface area contributed by atoms with Crippen molar-refractivity contribution >= 4 is 17.5 Å². The summed E-state index contributed by atoms with van der Waals surface area (Å²) >= 11 is 5.46. The molecule has 0 saturated carbocycles. The molecule has 0 aromatic heterocycles. The maximum Gasteiger partial charge on any atom is 0.221 e. The average Bonchev–Trinajstić information content (AvgIpc) is 2.14. The summed E-state index contributed by atoms with van der Waals surface area (Å²) in [6.45, 7) is 2.04. The SMILES string of the molecule is C#CC(CCC)NC(=O)CCCCl. The van der Waals surface area contributed by atoms with Gasteiger partial charge in [0.25, 0.3) is 0 Å². The summed E-state index contributed by atoms with van der Waals surface area (Å²) < 4.78 is 0. The molecule has 74 valence electrons. The molecule has 1 atom stereocenters. The topological polar surface area (TPSA) is 29.1 Å². The van der Waals surface area contributed by atoms with Crippen LogP contribution in [0.3, 0.4) is 0 Å². The van der Waals surface area contributed by atoms with Gasteiger partial charge in [-0.25, -0.2) is 0 Å². The maximum absolute atomic E-state index is 11.2. The van der Waals surface area contributed by atoms with Crippen LogP contribution in [0, 0.1) is 12.3 Å². The minimum Gasteiger partial charge on any atom is -0.342 e. The van der Waals surface area contributed by atoms with E-state index in [0.29, 0.717) is 18.7 Å². The fourth-order valence-corrected chi connectivity index (χ4v) is 1.11. The van der Waals surface area contributed by atoms with Gasteiger partial charge in [-0.15, -0.1) is 18.0 Å². The van der Waals surface area contributed by atoms with E-state index in [2.05, 4.69) is 11.2 Å². The summed E-state index contributed by atoms with van der Waals surface area (Å²) in [6, 6.07) is -0.118. The molecular formula is C10H16ClNO. The summed E-state index contributed by atoms with van der Waals surface area (Å²) in [5, 5.41) is 2.77. The van der Waals surface area contributed by atoms with Crippen LogP contribution in [0.25, 0.3) is 0 Å². The van der Waals surface area contributed by atoms with Crippen molar-refractivity contribution in [2.24, 2.45) is 0 Å². The Labute approximate surface area is 85.0 Å². The number of alkyl halides is 1. The molecule has 0 spiro atoms. The van der Waals surface area contributed by atoms with Crippen molar-refractivity contribution in [1.82, 2.24) is 5.32 Å². The van der Waals surface area contributed by atoms with Crippen molar-refractivity contribution in [3.63, 3.8) is 0 Å². The molecule has 1 amide bonds. The van der Waals surface area contributed by atoms with Crippen LogP contribution in [0.15, 0.2) is 0 Å². The number of halogens is 1. The Morgan fingerprint density at radius 2 is 2.38 bits per heavy atom. The minimum absolute atomic E-state index is 0.00273. The molecule has 0 rings (SSSR count). The molecule has 0 aliphatic carbocycles. The van der Waals surface area contributed by atoms with E-state index in [1.165, 1.54) is 0 Å². The maximum atomic E-state index is 11.2. The van der Waals surface area contributed by atoms with Gasteiger partial charge in [0, 0.05) is 12.3 Å². The van der Waals surface area contributed by atoms with Crippen molar-refractivity contribution in [3.8, 4) is 12.3 Å². The fraction of sp³-hybridized carbons (Fsp3) is 0.700. The number of carbonyl (C=O) groups excluding carboxylic acids is 1. The summed E-state index contributed by atoms with van der Waals surface area (Å²) in [6.07, 6.45) is 8.23. The molecule has 2 nitrogen and oxygen atoms in total. The van der Waals surface area contributed by atoms with Gasteiger partial charge >= 0.3 is 0 Å². The van der Waals surface area contributed by atoms with E-state index < -0.39 is 0 Å². The van der Waals surface area contributed by atoms with Crippen LogP contribution in [0.5, 0.6) is 0 Å². The molecule has 1 N–H and O–H groups in total. The molecule has 0 aliphatic rings. The van der Waals surface area contributed by atoms with Gasteiger partial charge < -0.3 is 5.32 Å². The predicted molar refractivity (Wildman–Crippen MR) is 55.6 cm³/mol. The van der Waals surface area contributed by atoms with Gasteiger partial charge in [0.1, 0.15) is 0 Å². The number of amides is 1. The Bertz CT molecular complexity index is 186. The average molecular weight is 202 g/mol. The van der Waals surface area contributed by atoms with Crippen LogP contribution in [-0.2, 0) is 4.79 Å². The standard InChI is InChI=1S/C10H16ClNO/c1-3-6-9(4-2)12-10(13)7-5-8-11/h2,9H,3,5-8H2,1H3,(H,12,13). The number of rotatable bonds is 6. The third kappa shape index (κ3) is 6.48. The molecule has 0 aromatic rings. The lowest BCUT2D eigenvalue weighted by Gasteiger charge is -2.11. The molecule has 1 unspecified atom stereocenters. The zero-order valence-electron chi connectivity index (χ0n) is 7.98. The fourth-order valence-electron chi connectivity index (χ4n) is 0.980. The second-order valence-corrected chi connectivity index (χ2v) is 3.25. The highest BCUT2D eigenvalue weighted by Crippen LogP contribution is 1.97.